The first-order chi connectivity index (χ1) is 12.1. The quantitative estimate of drug-likeness (QED) is 0.801. The van der Waals surface area contributed by atoms with Crippen molar-refractivity contribution < 1.29 is 27.6 Å². The Morgan fingerprint density at radius 3 is 2.50 bits per heavy atom. The Kier molecular flexibility index (Phi) is 6.79. The average molecular weight is 384 g/mol. The van der Waals surface area contributed by atoms with Crippen molar-refractivity contribution in [2.75, 3.05) is 13.1 Å². The van der Waals surface area contributed by atoms with Crippen LogP contribution in [0.1, 0.15) is 44.4 Å². The van der Waals surface area contributed by atoms with E-state index < -0.39 is 41.2 Å². The van der Waals surface area contributed by atoms with Gasteiger partial charge in [-0.05, 0) is 39.7 Å². The maximum Gasteiger partial charge on any atom is 0.410 e. The summed E-state index contributed by atoms with van der Waals surface area (Å²) in [6, 6.07) is 7.23. The number of aliphatic hydroxyl groups excluding tert-OH is 1. The van der Waals surface area contributed by atoms with Crippen LogP contribution in [0, 0.1) is 12.8 Å². The number of carbonyl (C=O) groups excluding carboxylic acids is 1. The molecule has 1 aromatic carbocycles. The van der Waals surface area contributed by atoms with Crippen molar-refractivity contribution in [3.05, 3.63) is 35.4 Å². The van der Waals surface area contributed by atoms with E-state index in [1.165, 1.54) is 4.90 Å². The Hall–Kier alpha value is -1.48. The fourth-order valence-corrected chi connectivity index (χ4v) is 3.40. The standard InChI is InChI=1S/C18H27NO6S/c1-12-5-7-13(8-6-12)16(25-26(22)23)14-11-19(10-9-15(14)20)17(21)24-18(2,3)4/h5-8,14-16,20H,9-11H2,1-4H3,(H,22,23)/p-1. The highest BCUT2D eigenvalue weighted by Crippen LogP contribution is 2.34. The molecule has 1 amide bonds. The number of aliphatic hydroxyl groups is 1. The van der Waals surface area contributed by atoms with Crippen molar-refractivity contribution in [2.24, 2.45) is 5.92 Å². The van der Waals surface area contributed by atoms with Gasteiger partial charge < -0.3 is 19.3 Å². The van der Waals surface area contributed by atoms with Crippen molar-refractivity contribution in [3.63, 3.8) is 0 Å². The molecule has 0 aromatic heterocycles. The molecule has 0 radical (unpaired) electrons. The van der Waals surface area contributed by atoms with Gasteiger partial charge in [0.1, 0.15) is 11.7 Å². The molecule has 1 saturated heterocycles. The summed E-state index contributed by atoms with van der Waals surface area (Å²) in [6.07, 6.45) is -1.83. The summed E-state index contributed by atoms with van der Waals surface area (Å²) in [4.78, 5) is 13.8. The van der Waals surface area contributed by atoms with Crippen molar-refractivity contribution >= 4 is 17.5 Å². The van der Waals surface area contributed by atoms with Gasteiger partial charge in [0.2, 0.25) is 0 Å². The van der Waals surface area contributed by atoms with Gasteiger partial charge in [-0.3, -0.25) is 4.18 Å². The molecule has 1 heterocycles. The van der Waals surface area contributed by atoms with Gasteiger partial charge in [-0.15, -0.1) is 0 Å². The van der Waals surface area contributed by atoms with Crippen LogP contribution in [0.15, 0.2) is 24.3 Å². The van der Waals surface area contributed by atoms with Gasteiger partial charge in [0.05, 0.1) is 17.5 Å². The summed E-state index contributed by atoms with van der Waals surface area (Å²) in [6.45, 7) is 7.74. The minimum atomic E-state index is -2.75. The smallest absolute Gasteiger partial charge is 0.410 e. The van der Waals surface area contributed by atoms with E-state index in [-0.39, 0.29) is 6.54 Å². The van der Waals surface area contributed by atoms with Crippen LogP contribution in [-0.2, 0) is 20.3 Å². The van der Waals surface area contributed by atoms with E-state index in [1.54, 1.807) is 32.9 Å². The summed E-state index contributed by atoms with van der Waals surface area (Å²) in [5.74, 6) is -0.586. The lowest BCUT2D eigenvalue weighted by Gasteiger charge is -2.40. The first kappa shape index (κ1) is 20.8. The fourth-order valence-electron chi connectivity index (χ4n) is 2.97. The number of piperidine rings is 1. The van der Waals surface area contributed by atoms with Gasteiger partial charge >= 0.3 is 6.09 Å². The average Bonchev–Trinajstić information content (AvgIpc) is 2.52. The minimum absolute atomic E-state index is 0.145. The molecule has 146 valence electrons. The van der Waals surface area contributed by atoms with Crippen LogP contribution < -0.4 is 0 Å². The second-order valence-electron chi connectivity index (χ2n) is 7.58. The van der Waals surface area contributed by atoms with Crippen molar-refractivity contribution in [3.8, 4) is 0 Å². The number of carbonyl (C=O) groups is 1. The molecule has 1 fully saturated rings. The third-order valence-electron chi connectivity index (χ3n) is 4.25. The number of ether oxygens (including phenoxy) is 1. The number of hydrogen-bond acceptors (Lipinski definition) is 6. The summed E-state index contributed by atoms with van der Waals surface area (Å²) < 4.78 is 32.9. The third kappa shape index (κ3) is 5.77. The van der Waals surface area contributed by atoms with Crippen LogP contribution in [0.3, 0.4) is 0 Å². The molecule has 4 unspecified atom stereocenters. The molecule has 26 heavy (non-hydrogen) atoms. The summed E-state index contributed by atoms with van der Waals surface area (Å²) in [5, 5.41) is 10.4. The maximum atomic E-state index is 12.4. The third-order valence-corrected chi connectivity index (χ3v) is 4.61. The minimum Gasteiger partial charge on any atom is -0.750 e. The molecule has 0 saturated carbocycles. The number of likely N-dealkylation sites (tertiary alicyclic amines) is 1. The Balaban J connectivity index is 2.23. The highest BCUT2D eigenvalue weighted by atomic mass is 32.2. The summed E-state index contributed by atoms with van der Waals surface area (Å²) >= 11 is -2.75. The van der Waals surface area contributed by atoms with Crippen LogP contribution in [0.2, 0.25) is 0 Å². The molecule has 1 N–H and O–H groups in total. The number of nitrogens with zero attached hydrogens (tertiary/aromatic N) is 1. The van der Waals surface area contributed by atoms with Gasteiger partial charge in [0, 0.05) is 19.0 Å². The molecule has 0 spiro atoms. The number of aryl methyl sites for hydroxylation is 1. The highest BCUT2D eigenvalue weighted by Gasteiger charge is 2.38. The molecule has 8 heteroatoms. The molecule has 7 nitrogen and oxygen atoms in total. The SMILES string of the molecule is Cc1ccc(C(OS(=O)[O-])C2CN(C(=O)OC(C)(C)C)CCC2O)cc1. The molecule has 0 aliphatic carbocycles. The van der Waals surface area contributed by atoms with E-state index >= 15 is 0 Å². The van der Waals surface area contributed by atoms with Crippen LogP contribution in [0.4, 0.5) is 4.79 Å². The second kappa shape index (κ2) is 8.47. The topological polar surface area (TPSA) is 99.1 Å². The van der Waals surface area contributed by atoms with Crippen LogP contribution in [-0.4, -0.2) is 49.7 Å². The monoisotopic (exact) mass is 384 g/mol. The van der Waals surface area contributed by atoms with E-state index in [2.05, 4.69) is 0 Å². The van der Waals surface area contributed by atoms with E-state index in [0.717, 1.165) is 5.56 Å². The predicted octanol–water partition coefficient (Wildman–Crippen LogP) is 2.46. The van der Waals surface area contributed by atoms with Crippen LogP contribution >= 0.6 is 0 Å². The Labute approximate surface area is 156 Å². The number of rotatable bonds is 4. The Bertz CT molecular complexity index is 642. The zero-order chi connectivity index (χ0) is 19.5. The van der Waals surface area contributed by atoms with Crippen molar-refractivity contribution in [1.82, 2.24) is 4.90 Å². The Morgan fingerprint density at radius 2 is 1.96 bits per heavy atom. The summed E-state index contributed by atoms with van der Waals surface area (Å²) in [7, 11) is 0. The zero-order valence-corrected chi connectivity index (χ0v) is 16.3. The molecular formula is C18H26NO6S-. The molecular weight excluding hydrogens is 358 g/mol. The first-order valence-electron chi connectivity index (χ1n) is 8.56. The lowest BCUT2D eigenvalue weighted by Crippen LogP contribution is -2.49. The normalized spacial score (nSPS) is 23.4. The maximum absolute atomic E-state index is 12.4. The number of benzene rings is 1. The van der Waals surface area contributed by atoms with Gasteiger partial charge in [0.25, 0.3) is 0 Å². The lowest BCUT2D eigenvalue weighted by molar-refractivity contribution is -0.0392. The largest absolute Gasteiger partial charge is 0.750 e. The predicted molar refractivity (Wildman–Crippen MR) is 95.8 cm³/mol. The fraction of sp³-hybridized carbons (Fsp3) is 0.611. The van der Waals surface area contributed by atoms with Crippen molar-refractivity contribution in [1.29, 1.82) is 0 Å². The molecule has 0 bridgehead atoms. The summed E-state index contributed by atoms with van der Waals surface area (Å²) in [5.41, 5.74) is 1.02. The van der Waals surface area contributed by atoms with E-state index in [1.807, 2.05) is 19.1 Å². The van der Waals surface area contributed by atoms with Crippen LogP contribution in [0.25, 0.3) is 0 Å². The van der Waals surface area contributed by atoms with Gasteiger partial charge in [-0.2, -0.15) is 0 Å². The molecule has 2 rings (SSSR count). The first-order valence-corrected chi connectivity index (χ1v) is 9.56. The molecule has 1 aliphatic heterocycles. The lowest BCUT2D eigenvalue weighted by atomic mass is 9.86. The second-order valence-corrected chi connectivity index (χ2v) is 8.18. The van der Waals surface area contributed by atoms with E-state index in [4.69, 9.17) is 8.92 Å². The van der Waals surface area contributed by atoms with Gasteiger partial charge in [-0.25, -0.2) is 9.00 Å². The van der Waals surface area contributed by atoms with Crippen molar-refractivity contribution in [2.45, 2.75) is 51.9 Å². The zero-order valence-electron chi connectivity index (χ0n) is 15.5. The van der Waals surface area contributed by atoms with E-state index in [0.29, 0.717) is 18.5 Å². The van der Waals surface area contributed by atoms with Gasteiger partial charge in [0.15, 0.2) is 0 Å². The number of hydrogen-bond donors (Lipinski definition) is 1. The molecule has 1 aliphatic rings. The van der Waals surface area contributed by atoms with Crippen LogP contribution in [0.5, 0.6) is 0 Å². The van der Waals surface area contributed by atoms with E-state index in [9.17, 15) is 18.7 Å². The molecule has 4 atom stereocenters. The van der Waals surface area contributed by atoms with Gasteiger partial charge in [-0.1, -0.05) is 29.8 Å². The Morgan fingerprint density at radius 1 is 1.35 bits per heavy atom. The molecule has 1 aromatic rings. The highest BCUT2D eigenvalue weighted by molar-refractivity contribution is 7.74. The number of amides is 1.